The fourth-order valence-corrected chi connectivity index (χ4v) is 4.68. The summed E-state index contributed by atoms with van der Waals surface area (Å²) in [5.41, 5.74) is 3.36. The van der Waals surface area contributed by atoms with E-state index in [1.54, 1.807) is 18.1 Å². The topological polar surface area (TPSA) is 54.3 Å². The average Bonchev–Trinajstić information content (AvgIpc) is 2.84. The Morgan fingerprint density at radius 3 is 2.26 bits per heavy atom. The number of carbonyl (C=O) groups is 1. The third kappa shape index (κ3) is 5.02. The summed E-state index contributed by atoms with van der Waals surface area (Å²) < 4.78 is 14.6. The van der Waals surface area contributed by atoms with Crippen LogP contribution in [0.15, 0.2) is 59.5 Å². The number of aryl methyl sites for hydroxylation is 1. The zero-order chi connectivity index (χ0) is 24.4. The molecule has 0 spiro atoms. The predicted molar refractivity (Wildman–Crippen MR) is 135 cm³/mol. The molecule has 0 atom stereocenters. The number of amides is 1. The smallest absolute Gasteiger partial charge is 0.271 e. The molecule has 1 fully saturated rings. The van der Waals surface area contributed by atoms with Gasteiger partial charge in [-0.05, 0) is 60.1 Å². The molecule has 0 aliphatic carbocycles. The lowest BCUT2D eigenvalue weighted by atomic mass is 9.89. The zero-order valence-corrected chi connectivity index (χ0v) is 20.4. The van der Waals surface area contributed by atoms with Gasteiger partial charge in [0.15, 0.2) is 0 Å². The zero-order valence-electron chi connectivity index (χ0n) is 19.6. The maximum Gasteiger partial charge on any atom is 0.271 e. The number of likely N-dealkylation sites (tertiary alicyclic amines) is 1. The molecule has 7 heteroatoms. The van der Waals surface area contributed by atoms with Crippen molar-refractivity contribution in [3.05, 3.63) is 92.6 Å². The highest BCUT2D eigenvalue weighted by atomic mass is 35.5. The lowest BCUT2D eigenvalue weighted by Crippen LogP contribution is -2.39. The van der Waals surface area contributed by atoms with Crippen molar-refractivity contribution in [3.63, 3.8) is 0 Å². The molecule has 1 N–H and O–H groups in total. The molecule has 1 amide bonds. The highest BCUT2D eigenvalue weighted by Gasteiger charge is 2.28. The van der Waals surface area contributed by atoms with Crippen molar-refractivity contribution in [2.75, 3.05) is 18.4 Å². The van der Waals surface area contributed by atoms with E-state index in [9.17, 15) is 14.0 Å². The van der Waals surface area contributed by atoms with Crippen LogP contribution in [0, 0.1) is 5.82 Å². The van der Waals surface area contributed by atoms with Gasteiger partial charge in [-0.15, -0.1) is 0 Å². The number of pyridine rings is 1. The van der Waals surface area contributed by atoms with Crippen LogP contribution in [0.1, 0.15) is 60.0 Å². The molecule has 0 radical (unpaired) electrons. The van der Waals surface area contributed by atoms with Crippen molar-refractivity contribution in [1.29, 1.82) is 0 Å². The van der Waals surface area contributed by atoms with Gasteiger partial charge in [-0.25, -0.2) is 4.39 Å². The largest absolute Gasteiger partial charge is 0.353 e. The number of carbonyl (C=O) groups excluding carboxylic acids is 1. The molecule has 1 aliphatic rings. The molecular formula is C27H29ClFN3O2. The van der Waals surface area contributed by atoms with Crippen molar-refractivity contribution in [2.24, 2.45) is 7.05 Å². The van der Waals surface area contributed by atoms with E-state index in [1.807, 2.05) is 36.4 Å². The minimum Gasteiger partial charge on any atom is -0.353 e. The maximum atomic E-state index is 13.5. The Morgan fingerprint density at radius 1 is 1.06 bits per heavy atom. The van der Waals surface area contributed by atoms with E-state index in [0.717, 1.165) is 24.1 Å². The first-order valence-corrected chi connectivity index (χ1v) is 11.9. The summed E-state index contributed by atoms with van der Waals surface area (Å²) in [6.45, 7) is 5.39. The Kier molecular flexibility index (Phi) is 7.08. The number of anilines is 2. The highest BCUT2D eigenvalue weighted by molar-refractivity contribution is 6.34. The van der Waals surface area contributed by atoms with E-state index in [4.69, 9.17) is 11.6 Å². The average molecular weight is 482 g/mol. The van der Waals surface area contributed by atoms with Gasteiger partial charge in [0.1, 0.15) is 10.8 Å². The first-order chi connectivity index (χ1) is 16.2. The van der Waals surface area contributed by atoms with Crippen LogP contribution in [0.25, 0.3) is 0 Å². The van der Waals surface area contributed by atoms with Crippen molar-refractivity contribution in [1.82, 2.24) is 9.47 Å². The van der Waals surface area contributed by atoms with Crippen molar-refractivity contribution in [2.45, 2.75) is 38.5 Å². The minimum atomic E-state index is -0.366. The molecule has 1 aliphatic heterocycles. The summed E-state index contributed by atoms with van der Waals surface area (Å²) in [6.07, 6.45) is 3.13. The molecule has 5 nitrogen and oxygen atoms in total. The Labute approximate surface area is 204 Å². The number of aromatic nitrogens is 1. The second-order valence-electron chi connectivity index (χ2n) is 9.17. The Bertz CT molecular complexity index is 1230. The van der Waals surface area contributed by atoms with Gasteiger partial charge < -0.3 is 14.8 Å². The van der Waals surface area contributed by atoms with E-state index in [2.05, 4.69) is 19.2 Å². The van der Waals surface area contributed by atoms with E-state index < -0.39 is 0 Å². The molecule has 2 aromatic carbocycles. The fourth-order valence-electron chi connectivity index (χ4n) is 4.40. The second kappa shape index (κ2) is 10.0. The molecule has 0 unspecified atom stereocenters. The molecule has 0 saturated carbocycles. The summed E-state index contributed by atoms with van der Waals surface area (Å²) in [7, 11) is 1.59. The Hall–Kier alpha value is -3.12. The fraction of sp³-hybridized carbons (Fsp3) is 0.333. The third-order valence-electron chi connectivity index (χ3n) is 6.52. The molecule has 3 aromatic rings. The van der Waals surface area contributed by atoms with Crippen LogP contribution in [-0.4, -0.2) is 28.5 Å². The van der Waals surface area contributed by atoms with Gasteiger partial charge in [0.05, 0.1) is 11.3 Å². The van der Waals surface area contributed by atoms with E-state index in [1.165, 1.54) is 22.3 Å². The molecule has 178 valence electrons. The molecule has 1 aromatic heterocycles. The maximum absolute atomic E-state index is 13.5. The predicted octanol–water partition coefficient (Wildman–Crippen LogP) is 6.06. The molecule has 0 bridgehead atoms. The van der Waals surface area contributed by atoms with Crippen LogP contribution in [0.2, 0.25) is 5.02 Å². The number of rotatable bonds is 5. The number of nitrogens with zero attached hydrogens (tertiary/aromatic N) is 2. The molecule has 34 heavy (non-hydrogen) atoms. The van der Waals surface area contributed by atoms with E-state index in [-0.39, 0.29) is 28.2 Å². The summed E-state index contributed by atoms with van der Waals surface area (Å²) >= 11 is 6.44. The standard InChI is InChI=1S/C27H29ClFN3O2/c1-17(2)18-6-10-22(11-7-18)30-25-23(16-31(3)27(34)24(25)28)26(33)32-14-12-20(13-15-32)19-4-8-21(29)9-5-19/h4-11,16-17,20,30H,12-15H2,1-3H3. The quantitative estimate of drug-likeness (QED) is 0.481. The van der Waals surface area contributed by atoms with Crippen LogP contribution < -0.4 is 10.9 Å². The van der Waals surface area contributed by atoms with Crippen molar-refractivity contribution in [3.8, 4) is 0 Å². The van der Waals surface area contributed by atoms with Crippen LogP contribution in [0.4, 0.5) is 15.8 Å². The normalized spacial score (nSPS) is 14.5. The molecule has 4 rings (SSSR count). The summed E-state index contributed by atoms with van der Waals surface area (Å²) in [5.74, 6) is 0.264. The van der Waals surface area contributed by atoms with Crippen LogP contribution in [-0.2, 0) is 7.05 Å². The Balaban J connectivity index is 1.56. The summed E-state index contributed by atoms with van der Waals surface area (Å²) in [6, 6.07) is 14.5. The highest BCUT2D eigenvalue weighted by Crippen LogP contribution is 2.32. The van der Waals surface area contributed by atoms with Crippen LogP contribution >= 0.6 is 11.6 Å². The van der Waals surface area contributed by atoms with Crippen molar-refractivity contribution >= 4 is 28.9 Å². The minimum absolute atomic E-state index is 0.0116. The number of halogens is 2. The van der Waals surface area contributed by atoms with Gasteiger partial charge in [-0.1, -0.05) is 49.7 Å². The number of nitrogens with one attached hydrogen (secondary N) is 1. The molecule has 2 heterocycles. The van der Waals surface area contributed by atoms with Gasteiger partial charge in [0, 0.05) is 32.0 Å². The molecule has 1 saturated heterocycles. The Morgan fingerprint density at radius 2 is 1.68 bits per heavy atom. The number of hydrogen-bond acceptors (Lipinski definition) is 3. The monoisotopic (exact) mass is 481 g/mol. The number of piperidine rings is 1. The summed E-state index contributed by atoms with van der Waals surface area (Å²) in [4.78, 5) is 27.9. The SMILES string of the molecule is CC(C)c1ccc(Nc2c(C(=O)N3CCC(c4ccc(F)cc4)CC3)cn(C)c(=O)c2Cl)cc1. The summed E-state index contributed by atoms with van der Waals surface area (Å²) in [5, 5.41) is 3.20. The lowest BCUT2D eigenvalue weighted by Gasteiger charge is -2.33. The van der Waals surface area contributed by atoms with Gasteiger partial charge >= 0.3 is 0 Å². The first-order valence-electron chi connectivity index (χ1n) is 11.6. The van der Waals surface area contributed by atoms with Crippen molar-refractivity contribution < 1.29 is 9.18 Å². The molecular weight excluding hydrogens is 453 g/mol. The van der Waals surface area contributed by atoms with E-state index in [0.29, 0.717) is 30.3 Å². The first kappa shape index (κ1) is 24.0. The van der Waals surface area contributed by atoms with Gasteiger partial charge in [0.25, 0.3) is 11.5 Å². The third-order valence-corrected chi connectivity index (χ3v) is 6.87. The second-order valence-corrected chi connectivity index (χ2v) is 9.55. The van der Waals surface area contributed by atoms with Gasteiger partial charge in [0.2, 0.25) is 0 Å². The lowest BCUT2D eigenvalue weighted by molar-refractivity contribution is 0.0713. The van der Waals surface area contributed by atoms with Gasteiger partial charge in [-0.3, -0.25) is 9.59 Å². The number of benzene rings is 2. The van der Waals surface area contributed by atoms with Gasteiger partial charge in [-0.2, -0.15) is 0 Å². The van der Waals surface area contributed by atoms with Crippen LogP contribution in [0.3, 0.4) is 0 Å². The van der Waals surface area contributed by atoms with Crippen LogP contribution in [0.5, 0.6) is 0 Å². The van der Waals surface area contributed by atoms with E-state index >= 15 is 0 Å². The number of hydrogen-bond donors (Lipinski definition) is 1.